The number of rotatable bonds is 13. The summed E-state index contributed by atoms with van der Waals surface area (Å²) >= 11 is 0. The van der Waals surface area contributed by atoms with Crippen LogP contribution in [0.5, 0.6) is 11.5 Å². The van der Waals surface area contributed by atoms with Crippen molar-refractivity contribution < 1.29 is 34.6 Å². The molecule has 1 aliphatic rings. The summed E-state index contributed by atoms with van der Waals surface area (Å²) in [6.45, 7) is 24.5. The van der Waals surface area contributed by atoms with Gasteiger partial charge in [0, 0.05) is 73.0 Å². The average Bonchev–Trinajstić information content (AvgIpc) is 3.96. The number of hydrogen-bond donors (Lipinski definition) is 0. The Morgan fingerprint density at radius 1 is 0.506 bits per heavy atom. The minimum Gasteiger partial charge on any atom is -0.509 e. The summed E-state index contributed by atoms with van der Waals surface area (Å²) in [6, 6.07) is 60.5. The molecule has 10 aromatic rings. The second-order valence-corrected chi connectivity index (χ2v) is 21.7. The maximum absolute atomic E-state index is 15.6. The molecule has 8 heteroatoms. The van der Waals surface area contributed by atoms with Crippen LogP contribution in [0.2, 0.25) is 0 Å². The summed E-state index contributed by atoms with van der Waals surface area (Å²) in [5, 5.41) is 2.16. The topological polar surface area (TPSA) is 33.5 Å². The van der Waals surface area contributed by atoms with Gasteiger partial charge in [-0.3, -0.25) is 0 Å². The predicted molar refractivity (Wildman–Crippen MR) is 311 cm³/mol. The van der Waals surface area contributed by atoms with Crippen LogP contribution in [0.4, 0.5) is 31.5 Å². The number of para-hydroxylation sites is 1. The number of nitrogens with zero attached hydrogens (tertiary/aromatic N) is 4. The van der Waals surface area contributed by atoms with Gasteiger partial charge in [-0.05, 0) is 140 Å². The molecule has 0 fully saturated rings. The first kappa shape index (κ1) is 53.1. The normalized spacial score (nSPS) is 12.5. The van der Waals surface area contributed by atoms with E-state index in [-0.39, 0.29) is 50.7 Å². The van der Waals surface area contributed by atoms with E-state index in [0.29, 0.717) is 17.1 Å². The van der Waals surface area contributed by atoms with Crippen molar-refractivity contribution in [2.75, 3.05) is 9.80 Å². The second-order valence-electron chi connectivity index (χ2n) is 21.7. The van der Waals surface area contributed by atoms with Crippen molar-refractivity contribution >= 4 is 44.6 Å². The fourth-order valence-electron chi connectivity index (χ4n) is 11.0. The summed E-state index contributed by atoms with van der Waals surface area (Å²) in [4.78, 5) is 9.34. The average molecular weight is 1200 g/mol. The third-order valence-corrected chi connectivity index (χ3v) is 14.9. The largest absolute Gasteiger partial charge is 0.509 e. The van der Waals surface area contributed by atoms with Crippen LogP contribution in [0.25, 0.3) is 61.0 Å². The zero-order valence-corrected chi connectivity index (χ0v) is 47.6. The molecule has 0 saturated carbocycles. The van der Waals surface area contributed by atoms with Crippen LogP contribution in [0, 0.1) is 30.4 Å². The Labute approximate surface area is 467 Å². The molecule has 1 aliphatic heterocycles. The van der Waals surface area contributed by atoms with Gasteiger partial charge in [-0.1, -0.05) is 148 Å². The van der Waals surface area contributed by atoms with Gasteiger partial charge in [-0.15, -0.1) is 53.6 Å². The maximum Gasteiger partial charge on any atom is 0.135 e. The SMILES string of the molecule is CC(C)c1ccc2c(c1)N(c1c(C(C)C)cc(-c3ccc(F)cc3F)cc1C(C)C)[CH-]N2c1[c-]c(Oc2[c-]c3c(cc2)c2ccccc2n3-c2ccccn2)cc(-c2c(C(C)C)cc(-c3ccccc3)cc2C(C)C)c1.[Pt]. The summed E-state index contributed by atoms with van der Waals surface area (Å²) in [6.07, 6.45) is 1.82. The van der Waals surface area contributed by atoms with Gasteiger partial charge in [0.1, 0.15) is 17.5 Å². The Hall–Kier alpha value is -7.34. The van der Waals surface area contributed by atoms with E-state index in [4.69, 9.17) is 9.72 Å². The van der Waals surface area contributed by atoms with Gasteiger partial charge in [0.2, 0.25) is 0 Å². The molecule has 11 rings (SSSR count). The molecule has 392 valence electrons. The standard InChI is InChI=1S/C69H63F2N4O.Pt/c1-41(2)47-23-28-64-66(36-47)74(69-60(44(7)8)34-49(35-61(69)45(9)10)55-26-24-51(70)37-62(55)71)40-73(64)52-30-50(68-58(42(3)4)32-48(33-59(68)43(5)6)46-18-12-11-13-19-46)31-54(38-52)76-53-25-27-57-56-20-14-15-21-63(56)75(65(57)39-53)67-22-16-17-29-72-67;/h11-37,40-45H,1-10H3;/q-3;. The third-order valence-electron chi connectivity index (χ3n) is 14.9. The van der Waals surface area contributed by atoms with E-state index in [1.54, 1.807) is 6.07 Å². The molecule has 0 bridgehead atoms. The third kappa shape index (κ3) is 10.0. The number of hydrogen-bond acceptors (Lipinski definition) is 4. The minimum atomic E-state index is -0.599. The van der Waals surface area contributed by atoms with Crippen molar-refractivity contribution in [1.82, 2.24) is 9.55 Å². The van der Waals surface area contributed by atoms with Crippen LogP contribution in [0.1, 0.15) is 127 Å². The molecule has 5 nitrogen and oxygen atoms in total. The number of benzene rings is 8. The smallest absolute Gasteiger partial charge is 0.135 e. The van der Waals surface area contributed by atoms with E-state index in [9.17, 15) is 4.39 Å². The monoisotopic (exact) mass is 1200 g/mol. The van der Waals surface area contributed by atoms with E-state index in [0.717, 1.165) is 78.7 Å². The number of halogens is 2. The van der Waals surface area contributed by atoms with Crippen LogP contribution in [-0.2, 0) is 21.1 Å². The Morgan fingerprint density at radius 3 is 1.82 bits per heavy atom. The van der Waals surface area contributed by atoms with Crippen LogP contribution in [0.15, 0.2) is 164 Å². The van der Waals surface area contributed by atoms with E-state index in [1.165, 1.54) is 39.4 Å². The number of fused-ring (bicyclic) bond motifs is 4. The Morgan fingerprint density at radius 2 is 1.17 bits per heavy atom. The quantitative estimate of drug-likeness (QED) is 0.108. The van der Waals surface area contributed by atoms with Crippen LogP contribution >= 0.6 is 0 Å². The van der Waals surface area contributed by atoms with Crippen LogP contribution in [0.3, 0.4) is 0 Å². The molecule has 8 aromatic carbocycles. The van der Waals surface area contributed by atoms with Crippen molar-refractivity contribution in [2.24, 2.45) is 0 Å². The summed E-state index contributed by atoms with van der Waals surface area (Å²) < 4.78 is 39.2. The molecule has 0 amide bonds. The van der Waals surface area contributed by atoms with Gasteiger partial charge in [0.15, 0.2) is 0 Å². The molecular weight excluding hydrogens is 1130 g/mol. The van der Waals surface area contributed by atoms with Crippen LogP contribution < -0.4 is 14.5 Å². The molecule has 0 saturated heterocycles. The Balaban J connectivity index is 0.00000672. The number of anilines is 4. The van der Waals surface area contributed by atoms with Gasteiger partial charge in [0.25, 0.3) is 0 Å². The van der Waals surface area contributed by atoms with Crippen molar-refractivity contribution in [3.8, 4) is 50.7 Å². The van der Waals surface area contributed by atoms with Gasteiger partial charge < -0.3 is 19.1 Å². The first-order valence-electron chi connectivity index (χ1n) is 26.7. The molecular formula is C69H63F2N4OPt-3. The summed E-state index contributed by atoms with van der Waals surface area (Å²) in [5.41, 5.74) is 17.2. The first-order chi connectivity index (χ1) is 36.6. The molecule has 2 aromatic heterocycles. The van der Waals surface area contributed by atoms with Crippen molar-refractivity contribution in [1.29, 1.82) is 0 Å². The van der Waals surface area contributed by atoms with Crippen molar-refractivity contribution in [3.05, 3.63) is 222 Å². The van der Waals surface area contributed by atoms with Crippen LogP contribution in [-0.4, -0.2) is 9.55 Å². The molecule has 0 N–H and O–H groups in total. The number of ether oxygens (including phenoxy) is 1. The molecule has 0 radical (unpaired) electrons. The molecule has 3 heterocycles. The minimum absolute atomic E-state index is 0. The second kappa shape index (κ2) is 21.6. The van der Waals surface area contributed by atoms with E-state index >= 15 is 4.39 Å². The molecule has 0 spiro atoms. The Kier molecular flexibility index (Phi) is 14.9. The van der Waals surface area contributed by atoms with Crippen molar-refractivity contribution in [2.45, 2.75) is 98.8 Å². The molecule has 0 aliphatic carbocycles. The number of pyridine rings is 1. The molecule has 0 unspecified atom stereocenters. The number of aromatic nitrogens is 2. The van der Waals surface area contributed by atoms with Gasteiger partial charge in [-0.25, -0.2) is 13.8 Å². The van der Waals surface area contributed by atoms with Gasteiger partial charge >= 0.3 is 0 Å². The first-order valence-corrected chi connectivity index (χ1v) is 26.7. The molecule has 77 heavy (non-hydrogen) atoms. The maximum atomic E-state index is 15.6. The summed E-state index contributed by atoms with van der Waals surface area (Å²) in [7, 11) is 0. The zero-order chi connectivity index (χ0) is 53.1. The fraction of sp³-hybridized carbons (Fsp3) is 0.217. The van der Waals surface area contributed by atoms with E-state index in [1.807, 2.05) is 30.5 Å². The van der Waals surface area contributed by atoms with E-state index in [2.05, 4.69) is 218 Å². The van der Waals surface area contributed by atoms with E-state index < -0.39 is 11.6 Å². The van der Waals surface area contributed by atoms with Crippen molar-refractivity contribution in [3.63, 3.8) is 0 Å². The Bertz CT molecular complexity index is 3750. The zero-order valence-electron chi connectivity index (χ0n) is 45.3. The van der Waals surface area contributed by atoms with Gasteiger partial charge in [-0.2, -0.15) is 6.07 Å². The fourth-order valence-corrected chi connectivity index (χ4v) is 11.0. The summed E-state index contributed by atoms with van der Waals surface area (Å²) in [5.74, 6) is 1.47. The van der Waals surface area contributed by atoms with Gasteiger partial charge in [0.05, 0.1) is 0 Å². The predicted octanol–water partition coefficient (Wildman–Crippen LogP) is 19.9. The molecule has 0 atom stereocenters.